The van der Waals surface area contributed by atoms with Crippen LogP contribution >= 0.6 is 0 Å². The predicted octanol–water partition coefficient (Wildman–Crippen LogP) is 3.25. The summed E-state index contributed by atoms with van der Waals surface area (Å²) in [5.41, 5.74) is 2.31. The van der Waals surface area contributed by atoms with Gasteiger partial charge in [0.2, 0.25) is 0 Å². The second kappa shape index (κ2) is 4.80. The van der Waals surface area contributed by atoms with Gasteiger partial charge in [0.15, 0.2) is 0 Å². The molecule has 0 amide bonds. The molecule has 0 heteroatoms. The lowest BCUT2D eigenvalue weighted by molar-refractivity contribution is 1.36. The lowest BCUT2D eigenvalue weighted by Crippen LogP contribution is -1.72. The Bertz CT molecular complexity index is 180. The molecule has 0 saturated carbocycles. The predicted molar refractivity (Wildman–Crippen MR) is 47.9 cm³/mol. The molecule has 0 heterocycles. The smallest absolute Gasteiger partial charge is 0.0395 e. The van der Waals surface area contributed by atoms with Crippen LogP contribution in [0.2, 0.25) is 0 Å². The van der Waals surface area contributed by atoms with Crippen LogP contribution in [0.3, 0.4) is 0 Å². The minimum Gasteiger partial charge on any atom is -0.0991 e. The molecule has 0 aliphatic heterocycles. The molecule has 54 valence electrons. The van der Waals surface area contributed by atoms with Crippen LogP contribution in [0.5, 0.6) is 0 Å². The van der Waals surface area contributed by atoms with Crippen molar-refractivity contribution in [2.75, 3.05) is 0 Å². The fraction of sp³-hybridized carbons (Fsp3) is 0.200. The molecule has 0 spiro atoms. The molecular formula is C10H14. The van der Waals surface area contributed by atoms with E-state index in [1.165, 1.54) is 5.57 Å². The first-order valence-electron chi connectivity index (χ1n) is 3.30. The van der Waals surface area contributed by atoms with Crippen molar-refractivity contribution in [1.82, 2.24) is 0 Å². The van der Waals surface area contributed by atoms with E-state index in [9.17, 15) is 0 Å². The Labute approximate surface area is 63.3 Å². The normalized spacial score (nSPS) is 12.0. The topological polar surface area (TPSA) is 0 Å². The van der Waals surface area contributed by atoms with Gasteiger partial charge < -0.3 is 0 Å². The molecule has 0 N–H and O–H groups in total. The first-order valence-corrected chi connectivity index (χ1v) is 3.30. The maximum atomic E-state index is 3.81. The molecule has 0 saturated heterocycles. The summed E-state index contributed by atoms with van der Waals surface area (Å²) in [7, 11) is 0. The third-order valence-electron chi connectivity index (χ3n) is 1.27. The van der Waals surface area contributed by atoms with E-state index < -0.39 is 0 Å². The Balaban J connectivity index is 4.04. The molecule has 0 bridgehead atoms. The summed E-state index contributed by atoms with van der Waals surface area (Å²) in [5.74, 6) is 0. The monoisotopic (exact) mass is 134 g/mol. The molecule has 10 heavy (non-hydrogen) atoms. The molecule has 0 atom stereocenters. The fourth-order valence-corrected chi connectivity index (χ4v) is 0.421. The molecule has 0 aliphatic rings. The van der Waals surface area contributed by atoms with Crippen molar-refractivity contribution in [3.8, 4) is 0 Å². The van der Waals surface area contributed by atoms with Gasteiger partial charge in [-0.15, -0.1) is 0 Å². The summed E-state index contributed by atoms with van der Waals surface area (Å²) >= 11 is 0. The van der Waals surface area contributed by atoms with Crippen LogP contribution in [-0.2, 0) is 0 Å². The average molecular weight is 134 g/mol. The minimum absolute atomic E-state index is 1.11. The van der Waals surface area contributed by atoms with Gasteiger partial charge in [-0.1, -0.05) is 43.0 Å². The van der Waals surface area contributed by atoms with Crippen LogP contribution in [0.15, 0.2) is 48.6 Å². The maximum Gasteiger partial charge on any atom is -0.0395 e. The molecule has 0 fully saturated rings. The summed E-state index contributed by atoms with van der Waals surface area (Å²) in [4.78, 5) is 0. The number of hydrogen-bond donors (Lipinski definition) is 0. The second-order valence-electron chi connectivity index (χ2n) is 2.25. The second-order valence-corrected chi connectivity index (χ2v) is 2.25. The first kappa shape index (κ1) is 8.96. The number of rotatable bonds is 3. The van der Waals surface area contributed by atoms with Gasteiger partial charge in [0, 0.05) is 0 Å². The van der Waals surface area contributed by atoms with Gasteiger partial charge in [-0.3, -0.25) is 0 Å². The molecule has 0 unspecified atom stereocenters. The van der Waals surface area contributed by atoms with Gasteiger partial charge in [0.05, 0.1) is 0 Å². The summed E-state index contributed by atoms with van der Waals surface area (Å²) < 4.78 is 0. The molecule has 0 radical (unpaired) electrons. The minimum atomic E-state index is 1.11. The van der Waals surface area contributed by atoms with Crippen LogP contribution in [0.4, 0.5) is 0 Å². The third-order valence-corrected chi connectivity index (χ3v) is 1.27. The molecule has 0 aromatic carbocycles. The van der Waals surface area contributed by atoms with E-state index in [1.807, 2.05) is 32.1 Å². The highest BCUT2D eigenvalue weighted by molar-refractivity contribution is 5.28. The largest absolute Gasteiger partial charge is 0.0991 e. The lowest BCUT2D eigenvalue weighted by Gasteiger charge is -1.93. The Morgan fingerprint density at radius 1 is 1.20 bits per heavy atom. The van der Waals surface area contributed by atoms with Gasteiger partial charge in [-0.25, -0.2) is 0 Å². The van der Waals surface area contributed by atoms with Crippen molar-refractivity contribution >= 4 is 0 Å². The first-order chi connectivity index (χ1) is 4.68. The standard InChI is InChI=1S/C10H14/c1-5-6-7-8-10(4)9(2)3/h5-8H,1-2H2,3-4H3/b7-6-,10-8+. The fourth-order valence-electron chi connectivity index (χ4n) is 0.421. The Morgan fingerprint density at radius 2 is 1.80 bits per heavy atom. The van der Waals surface area contributed by atoms with E-state index in [-0.39, 0.29) is 0 Å². The number of allylic oxidation sites excluding steroid dienone is 6. The van der Waals surface area contributed by atoms with E-state index in [1.54, 1.807) is 6.08 Å². The van der Waals surface area contributed by atoms with E-state index in [0.717, 1.165) is 5.57 Å². The SMILES string of the molecule is C=C/C=C\C=C(/C)C(=C)C. The molecule has 0 aliphatic carbocycles. The van der Waals surface area contributed by atoms with Crippen molar-refractivity contribution < 1.29 is 0 Å². The van der Waals surface area contributed by atoms with Gasteiger partial charge in [0.1, 0.15) is 0 Å². The van der Waals surface area contributed by atoms with E-state index in [0.29, 0.717) is 0 Å². The van der Waals surface area contributed by atoms with Crippen molar-refractivity contribution in [3.05, 3.63) is 48.6 Å². The van der Waals surface area contributed by atoms with Crippen molar-refractivity contribution in [3.63, 3.8) is 0 Å². The Hall–Kier alpha value is -1.04. The summed E-state index contributed by atoms with van der Waals surface area (Å²) in [6, 6.07) is 0. The van der Waals surface area contributed by atoms with E-state index in [4.69, 9.17) is 0 Å². The van der Waals surface area contributed by atoms with E-state index >= 15 is 0 Å². The van der Waals surface area contributed by atoms with E-state index in [2.05, 4.69) is 13.2 Å². The van der Waals surface area contributed by atoms with Gasteiger partial charge in [0.25, 0.3) is 0 Å². The van der Waals surface area contributed by atoms with Crippen molar-refractivity contribution in [1.29, 1.82) is 0 Å². The summed E-state index contributed by atoms with van der Waals surface area (Å²) in [6.07, 6.45) is 7.62. The third kappa shape index (κ3) is 3.90. The maximum absolute atomic E-state index is 3.81. The summed E-state index contributed by atoms with van der Waals surface area (Å²) in [5, 5.41) is 0. The van der Waals surface area contributed by atoms with Crippen LogP contribution in [-0.4, -0.2) is 0 Å². The van der Waals surface area contributed by atoms with Crippen molar-refractivity contribution in [2.24, 2.45) is 0 Å². The van der Waals surface area contributed by atoms with Crippen LogP contribution in [0.25, 0.3) is 0 Å². The number of hydrogen-bond acceptors (Lipinski definition) is 0. The van der Waals surface area contributed by atoms with Crippen LogP contribution in [0.1, 0.15) is 13.8 Å². The van der Waals surface area contributed by atoms with Crippen LogP contribution in [0, 0.1) is 0 Å². The average Bonchev–Trinajstić information content (AvgIpc) is 1.88. The summed E-state index contributed by atoms with van der Waals surface area (Å²) in [6.45, 7) is 11.4. The quantitative estimate of drug-likeness (QED) is 0.520. The molecule has 0 rings (SSSR count). The van der Waals surface area contributed by atoms with Gasteiger partial charge in [-0.2, -0.15) is 0 Å². The highest BCUT2D eigenvalue weighted by Gasteiger charge is 1.83. The Kier molecular flexibility index (Phi) is 4.30. The molecule has 0 aromatic heterocycles. The zero-order valence-corrected chi connectivity index (χ0v) is 6.72. The zero-order chi connectivity index (χ0) is 7.98. The molecule has 0 nitrogen and oxygen atoms in total. The molecular weight excluding hydrogens is 120 g/mol. The molecule has 0 aromatic rings. The van der Waals surface area contributed by atoms with Crippen molar-refractivity contribution in [2.45, 2.75) is 13.8 Å². The zero-order valence-electron chi connectivity index (χ0n) is 6.72. The van der Waals surface area contributed by atoms with Gasteiger partial charge >= 0.3 is 0 Å². The Morgan fingerprint density at radius 3 is 2.20 bits per heavy atom. The highest BCUT2D eigenvalue weighted by Crippen LogP contribution is 2.03. The van der Waals surface area contributed by atoms with Gasteiger partial charge in [-0.05, 0) is 19.4 Å². The van der Waals surface area contributed by atoms with Crippen LogP contribution < -0.4 is 0 Å². The highest BCUT2D eigenvalue weighted by atomic mass is 13.9. The lowest BCUT2D eigenvalue weighted by atomic mass is 10.1.